The van der Waals surface area contributed by atoms with Gasteiger partial charge < -0.3 is 35.8 Å². The van der Waals surface area contributed by atoms with Gasteiger partial charge in [-0.3, -0.25) is 9.59 Å². The fourth-order valence-electron chi connectivity index (χ4n) is 4.60. The molecule has 47 heavy (non-hydrogen) atoms. The van der Waals surface area contributed by atoms with E-state index in [-0.39, 0.29) is 26.1 Å². The highest BCUT2D eigenvalue weighted by atomic mass is 16.6. The number of alkyl carbamates (subject to hydrolysis) is 2. The normalized spacial score (nSPS) is 11.9. The average molecular weight is 639 g/mol. The molecule has 0 spiro atoms. The van der Waals surface area contributed by atoms with Gasteiger partial charge in [-0.2, -0.15) is 0 Å². The van der Waals surface area contributed by atoms with Crippen LogP contribution >= 0.6 is 0 Å². The van der Waals surface area contributed by atoms with Crippen molar-refractivity contribution in [2.75, 3.05) is 6.61 Å². The molecule has 4 amide bonds. The summed E-state index contributed by atoms with van der Waals surface area (Å²) in [6.45, 7) is -0.652. The molecule has 0 aromatic heterocycles. The molecule has 5 N–H and O–H groups in total. The van der Waals surface area contributed by atoms with E-state index >= 15 is 0 Å². The van der Waals surface area contributed by atoms with E-state index in [0.717, 1.165) is 22.3 Å². The van der Waals surface area contributed by atoms with Gasteiger partial charge in [0.1, 0.15) is 31.5 Å². The van der Waals surface area contributed by atoms with Crippen LogP contribution in [0.3, 0.4) is 0 Å². The van der Waals surface area contributed by atoms with Crippen LogP contribution in [0.15, 0.2) is 121 Å². The van der Waals surface area contributed by atoms with Crippen LogP contribution in [0.5, 0.6) is 0 Å². The Morgan fingerprint density at radius 2 is 0.809 bits per heavy atom. The van der Waals surface area contributed by atoms with Crippen LogP contribution in [0.4, 0.5) is 9.59 Å². The van der Waals surface area contributed by atoms with Crippen molar-refractivity contribution in [1.82, 2.24) is 21.3 Å². The molecule has 0 radical (unpaired) electrons. The summed E-state index contributed by atoms with van der Waals surface area (Å²) in [7, 11) is 0. The summed E-state index contributed by atoms with van der Waals surface area (Å²) in [5, 5.41) is 20.4. The van der Waals surface area contributed by atoms with Crippen LogP contribution in [0.25, 0.3) is 0 Å². The average Bonchev–Trinajstić information content (AvgIpc) is 3.10. The van der Waals surface area contributed by atoms with Crippen molar-refractivity contribution in [3.8, 4) is 0 Å². The number of benzene rings is 4. The van der Waals surface area contributed by atoms with E-state index in [1.54, 1.807) is 72.8 Å². The van der Waals surface area contributed by atoms with Crippen LogP contribution in [0.1, 0.15) is 22.3 Å². The number of ether oxygens (including phenoxy) is 2. The lowest BCUT2D eigenvalue weighted by atomic mass is 10.0. The number of rotatable bonds is 15. The maximum Gasteiger partial charge on any atom is 0.408 e. The monoisotopic (exact) mass is 638 g/mol. The zero-order valence-electron chi connectivity index (χ0n) is 25.7. The fraction of sp³-hybridized carbons (Fsp3) is 0.222. The molecule has 244 valence electrons. The van der Waals surface area contributed by atoms with E-state index in [2.05, 4.69) is 21.3 Å². The summed E-state index contributed by atoms with van der Waals surface area (Å²) in [4.78, 5) is 52.2. The van der Waals surface area contributed by atoms with Crippen molar-refractivity contribution in [2.24, 2.45) is 0 Å². The number of carbonyl (C=O) groups excluding carboxylic acids is 4. The van der Waals surface area contributed by atoms with Crippen LogP contribution < -0.4 is 21.3 Å². The van der Waals surface area contributed by atoms with E-state index in [4.69, 9.17) is 9.47 Å². The first-order valence-electron chi connectivity index (χ1n) is 15.1. The van der Waals surface area contributed by atoms with Crippen molar-refractivity contribution in [3.05, 3.63) is 144 Å². The fourth-order valence-corrected chi connectivity index (χ4v) is 4.60. The molecule has 0 saturated heterocycles. The highest BCUT2D eigenvalue weighted by Crippen LogP contribution is 2.08. The molecule has 11 nitrogen and oxygen atoms in total. The Kier molecular flexibility index (Phi) is 13.3. The molecular weight excluding hydrogens is 600 g/mol. The Labute approximate surface area is 273 Å². The van der Waals surface area contributed by atoms with Crippen molar-refractivity contribution in [3.63, 3.8) is 0 Å². The summed E-state index contributed by atoms with van der Waals surface area (Å²) >= 11 is 0. The molecule has 0 aliphatic carbocycles. The predicted molar refractivity (Wildman–Crippen MR) is 175 cm³/mol. The third-order valence-corrected chi connectivity index (χ3v) is 7.02. The smallest absolute Gasteiger partial charge is 0.408 e. The molecule has 0 bridgehead atoms. The van der Waals surface area contributed by atoms with Crippen LogP contribution in [-0.2, 0) is 45.1 Å². The molecule has 0 aliphatic heterocycles. The number of hydrogen-bond donors (Lipinski definition) is 5. The number of aliphatic hydroxyl groups is 1. The third kappa shape index (κ3) is 12.0. The van der Waals surface area contributed by atoms with Gasteiger partial charge in [0.25, 0.3) is 0 Å². The Morgan fingerprint density at radius 1 is 0.489 bits per heavy atom. The maximum atomic E-state index is 13.4. The maximum absolute atomic E-state index is 13.4. The van der Waals surface area contributed by atoms with Gasteiger partial charge in [-0.25, -0.2) is 9.59 Å². The Morgan fingerprint density at radius 3 is 1.13 bits per heavy atom. The van der Waals surface area contributed by atoms with E-state index in [1.165, 1.54) is 0 Å². The minimum absolute atomic E-state index is 0.00522. The van der Waals surface area contributed by atoms with Gasteiger partial charge in [-0.05, 0) is 22.3 Å². The van der Waals surface area contributed by atoms with Gasteiger partial charge in [0.05, 0.1) is 6.61 Å². The lowest BCUT2D eigenvalue weighted by molar-refractivity contribution is -0.127. The zero-order chi connectivity index (χ0) is 33.3. The molecule has 4 rings (SSSR count). The molecule has 0 heterocycles. The number of amides is 4. The Bertz CT molecular complexity index is 1440. The largest absolute Gasteiger partial charge is 0.445 e. The molecule has 4 aromatic carbocycles. The molecular formula is C36H38N4O7. The lowest BCUT2D eigenvalue weighted by Crippen LogP contribution is -2.59. The van der Waals surface area contributed by atoms with Crippen LogP contribution in [-0.4, -0.2) is 54.0 Å². The molecule has 0 fully saturated rings. The van der Waals surface area contributed by atoms with Gasteiger partial charge in [0.15, 0.2) is 0 Å². The van der Waals surface area contributed by atoms with Crippen LogP contribution in [0.2, 0.25) is 0 Å². The second-order valence-electron chi connectivity index (χ2n) is 10.6. The highest BCUT2D eigenvalue weighted by molar-refractivity contribution is 5.88. The first kappa shape index (κ1) is 34.2. The highest BCUT2D eigenvalue weighted by Gasteiger charge is 2.28. The minimum atomic E-state index is -1.24. The molecule has 0 aliphatic rings. The molecule has 4 aromatic rings. The van der Waals surface area contributed by atoms with E-state index in [1.807, 2.05) is 48.5 Å². The molecule has 0 saturated carbocycles. The van der Waals surface area contributed by atoms with Crippen molar-refractivity contribution in [1.29, 1.82) is 0 Å². The molecule has 2 atom stereocenters. The van der Waals surface area contributed by atoms with Crippen molar-refractivity contribution in [2.45, 2.75) is 44.3 Å². The molecule has 0 unspecified atom stereocenters. The number of carbonyl (C=O) groups is 4. The second kappa shape index (κ2) is 18.3. The van der Waals surface area contributed by atoms with E-state index < -0.39 is 48.9 Å². The topological polar surface area (TPSA) is 155 Å². The summed E-state index contributed by atoms with van der Waals surface area (Å²) in [6.07, 6.45) is -2.63. The van der Waals surface area contributed by atoms with E-state index in [0.29, 0.717) is 0 Å². The lowest BCUT2D eigenvalue weighted by Gasteiger charge is -2.25. The summed E-state index contributed by atoms with van der Waals surface area (Å²) in [6, 6.07) is 34.1. The zero-order valence-corrected chi connectivity index (χ0v) is 25.7. The first-order chi connectivity index (χ1) is 22.9. The van der Waals surface area contributed by atoms with Gasteiger partial charge in [-0.1, -0.05) is 121 Å². The van der Waals surface area contributed by atoms with Gasteiger partial charge in [0.2, 0.25) is 11.8 Å². The number of aliphatic hydroxyl groups excluding tert-OH is 1. The van der Waals surface area contributed by atoms with Gasteiger partial charge in [-0.15, -0.1) is 0 Å². The van der Waals surface area contributed by atoms with E-state index in [9.17, 15) is 24.3 Å². The number of hydrogen-bond acceptors (Lipinski definition) is 7. The first-order valence-corrected chi connectivity index (χ1v) is 15.1. The quantitative estimate of drug-likeness (QED) is 0.125. The Balaban J connectivity index is 1.40. The van der Waals surface area contributed by atoms with Crippen LogP contribution in [0, 0.1) is 0 Å². The molecule has 11 heteroatoms. The van der Waals surface area contributed by atoms with Gasteiger partial charge in [0, 0.05) is 12.8 Å². The summed E-state index contributed by atoms with van der Waals surface area (Å²) in [5.74, 6) is -1.33. The standard InChI is InChI=1S/C36H38N4O7/c41-23-32(39-33(42)30(21-26-13-5-1-6-14-26)37-35(44)46-24-28-17-9-3-10-18-28)40-34(43)31(22-27-15-7-2-8-16-27)38-36(45)47-25-29-19-11-4-12-20-29/h1-20,30-32,41H,21-25H2,(H,37,44)(H,38,45)(H,39,42)(H,40,43)/t30-,31-/m0/s1. The van der Waals surface area contributed by atoms with Crippen molar-refractivity contribution >= 4 is 24.0 Å². The number of nitrogens with one attached hydrogen (secondary N) is 4. The Hall–Kier alpha value is -5.68. The minimum Gasteiger partial charge on any atom is -0.445 e. The second-order valence-corrected chi connectivity index (χ2v) is 10.6. The summed E-state index contributed by atoms with van der Waals surface area (Å²) < 4.78 is 10.6. The third-order valence-electron chi connectivity index (χ3n) is 7.02. The predicted octanol–water partition coefficient (Wildman–Crippen LogP) is 3.61. The van der Waals surface area contributed by atoms with Gasteiger partial charge >= 0.3 is 12.2 Å². The van der Waals surface area contributed by atoms with Crippen molar-refractivity contribution < 1.29 is 33.8 Å². The SMILES string of the molecule is O=C(N[C@@H](Cc1ccccc1)C(=O)NC(CO)NC(=O)[C@H](Cc1ccccc1)NC(=O)OCc1ccccc1)OCc1ccccc1. The summed E-state index contributed by atoms with van der Waals surface area (Å²) in [5.41, 5.74) is 3.08.